The van der Waals surface area contributed by atoms with Gasteiger partial charge in [0.25, 0.3) is 0 Å². The highest BCUT2D eigenvalue weighted by Gasteiger charge is 2.10. The van der Waals surface area contributed by atoms with Gasteiger partial charge in [-0.15, -0.1) is 6.58 Å². The fourth-order valence-corrected chi connectivity index (χ4v) is 1.40. The van der Waals surface area contributed by atoms with E-state index in [1.165, 1.54) is 0 Å². The van der Waals surface area contributed by atoms with Gasteiger partial charge in [-0.3, -0.25) is 0 Å². The maximum atomic E-state index is 6.01. The van der Waals surface area contributed by atoms with E-state index in [9.17, 15) is 0 Å². The minimum atomic E-state index is 0.0469. The molecule has 0 heterocycles. The summed E-state index contributed by atoms with van der Waals surface area (Å²) in [5, 5.41) is 0. The van der Waals surface area contributed by atoms with Crippen LogP contribution in [0.5, 0.6) is 0 Å². The Bertz CT molecular complexity index is 279. The fraction of sp³-hybridized carbons (Fsp3) is 0.273. The van der Waals surface area contributed by atoms with Gasteiger partial charge in [0.05, 0.1) is 0 Å². The molecule has 0 aromatic heterocycles. The molecule has 0 saturated carbocycles. The smallest absolute Gasteiger partial charge is 0.0355 e. The molecule has 0 saturated heterocycles. The van der Waals surface area contributed by atoms with Gasteiger partial charge in [0.1, 0.15) is 0 Å². The predicted octanol–water partition coefficient (Wildman–Crippen LogP) is 3.27. The number of benzene rings is 1. The van der Waals surface area contributed by atoms with Crippen molar-refractivity contribution in [2.45, 2.75) is 13.0 Å². The molecule has 1 aromatic carbocycles. The molecule has 0 radical (unpaired) electrons. The largest absolute Gasteiger partial charge is 0.323 e. The molecule has 1 rings (SSSR count). The van der Waals surface area contributed by atoms with Crippen LogP contribution in [0.1, 0.15) is 18.5 Å². The number of hydrogen-bond donors (Lipinski definition) is 1. The second-order valence-corrected chi connectivity index (χ2v) is 4.09. The summed E-state index contributed by atoms with van der Waals surface area (Å²) in [4.78, 5) is 0. The number of rotatable bonds is 3. The van der Waals surface area contributed by atoms with E-state index in [0.717, 1.165) is 10.0 Å². The third-order valence-corrected chi connectivity index (χ3v) is 2.72. The van der Waals surface area contributed by atoms with Gasteiger partial charge in [-0.1, -0.05) is 41.1 Å². The molecule has 0 bridgehead atoms. The Morgan fingerprint density at radius 3 is 2.38 bits per heavy atom. The summed E-state index contributed by atoms with van der Waals surface area (Å²) in [7, 11) is 0. The summed E-state index contributed by atoms with van der Waals surface area (Å²) in [6, 6.07) is 8.13. The summed E-state index contributed by atoms with van der Waals surface area (Å²) in [5.74, 6) is 0.307. The molecule has 0 aliphatic heterocycles. The van der Waals surface area contributed by atoms with Crippen LogP contribution in [0.2, 0.25) is 0 Å². The van der Waals surface area contributed by atoms with E-state index in [-0.39, 0.29) is 6.04 Å². The quantitative estimate of drug-likeness (QED) is 0.806. The molecule has 0 unspecified atom stereocenters. The molecule has 0 aliphatic rings. The average Bonchev–Trinajstić information content (AvgIpc) is 2.17. The van der Waals surface area contributed by atoms with Crippen LogP contribution in [0.4, 0.5) is 0 Å². The Morgan fingerprint density at radius 1 is 1.38 bits per heavy atom. The van der Waals surface area contributed by atoms with Crippen LogP contribution in [0, 0.1) is 5.92 Å². The predicted molar refractivity (Wildman–Crippen MR) is 60.4 cm³/mol. The zero-order valence-corrected chi connectivity index (χ0v) is 9.29. The standard InChI is InChI=1S/C11H14BrN/c1-3-8(2)11(13)9-4-6-10(12)7-5-9/h3-8,11H,1,13H2,2H3/t8-,11-/m0/s1. The molecule has 0 amide bonds. The van der Waals surface area contributed by atoms with Gasteiger partial charge in [-0.25, -0.2) is 0 Å². The lowest BCUT2D eigenvalue weighted by atomic mass is 9.96. The molecule has 2 heteroatoms. The van der Waals surface area contributed by atoms with Gasteiger partial charge in [0, 0.05) is 10.5 Å². The topological polar surface area (TPSA) is 26.0 Å². The summed E-state index contributed by atoms with van der Waals surface area (Å²) in [6.45, 7) is 5.80. The van der Waals surface area contributed by atoms with E-state index >= 15 is 0 Å². The Kier molecular flexibility index (Phi) is 3.70. The Labute approximate surface area is 87.8 Å². The summed E-state index contributed by atoms with van der Waals surface area (Å²) in [5.41, 5.74) is 7.16. The highest BCUT2D eigenvalue weighted by molar-refractivity contribution is 9.10. The summed E-state index contributed by atoms with van der Waals surface area (Å²) >= 11 is 3.39. The van der Waals surface area contributed by atoms with Crippen molar-refractivity contribution in [2.24, 2.45) is 11.7 Å². The van der Waals surface area contributed by atoms with E-state index in [1.54, 1.807) is 0 Å². The van der Waals surface area contributed by atoms with Crippen molar-refractivity contribution >= 4 is 15.9 Å². The fourth-order valence-electron chi connectivity index (χ4n) is 1.14. The normalized spacial score (nSPS) is 15.0. The molecular weight excluding hydrogens is 226 g/mol. The number of halogens is 1. The highest BCUT2D eigenvalue weighted by Crippen LogP contribution is 2.21. The van der Waals surface area contributed by atoms with Gasteiger partial charge >= 0.3 is 0 Å². The van der Waals surface area contributed by atoms with Crippen LogP contribution in [0.25, 0.3) is 0 Å². The Balaban J connectivity index is 2.82. The molecule has 0 spiro atoms. The maximum Gasteiger partial charge on any atom is 0.0355 e. The Morgan fingerprint density at radius 2 is 1.92 bits per heavy atom. The molecule has 0 aliphatic carbocycles. The van der Waals surface area contributed by atoms with Crippen molar-refractivity contribution in [2.75, 3.05) is 0 Å². The van der Waals surface area contributed by atoms with Crippen molar-refractivity contribution in [3.63, 3.8) is 0 Å². The Hall–Kier alpha value is -0.600. The maximum absolute atomic E-state index is 6.01. The van der Waals surface area contributed by atoms with Gasteiger partial charge in [-0.05, 0) is 23.6 Å². The lowest BCUT2D eigenvalue weighted by Crippen LogP contribution is -2.17. The number of nitrogens with two attached hydrogens (primary N) is 1. The SMILES string of the molecule is C=C[C@H](C)[C@H](N)c1ccc(Br)cc1. The van der Waals surface area contributed by atoms with Crippen LogP contribution in [0.3, 0.4) is 0 Å². The molecular formula is C11H14BrN. The van der Waals surface area contributed by atoms with Crippen molar-refractivity contribution in [1.82, 2.24) is 0 Å². The molecule has 2 N–H and O–H groups in total. The van der Waals surface area contributed by atoms with E-state index in [4.69, 9.17) is 5.73 Å². The van der Waals surface area contributed by atoms with Gasteiger partial charge in [0.15, 0.2) is 0 Å². The molecule has 1 aromatic rings. The highest BCUT2D eigenvalue weighted by atomic mass is 79.9. The van der Waals surface area contributed by atoms with Gasteiger partial charge in [0.2, 0.25) is 0 Å². The number of hydrogen-bond acceptors (Lipinski definition) is 1. The van der Waals surface area contributed by atoms with Crippen molar-refractivity contribution in [3.8, 4) is 0 Å². The average molecular weight is 240 g/mol. The first kappa shape index (κ1) is 10.5. The van der Waals surface area contributed by atoms with Crippen LogP contribution < -0.4 is 5.73 Å². The first-order valence-electron chi connectivity index (χ1n) is 4.28. The van der Waals surface area contributed by atoms with E-state index in [2.05, 4.69) is 29.4 Å². The van der Waals surface area contributed by atoms with Crippen molar-refractivity contribution < 1.29 is 0 Å². The monoisotopic (exact) mass is 239 g/mol. The summed E-state index contributed by atoms with van der Waals surface area (Å²) < 4.78 is 1.08. The molecule has 13 heavy (non-hydrogen) atoms. The third kappa shape index (κ3) is 2.68. The molecule has 0 fully saturated rings. The van der Waals surface area contributed by atoms with Crippen molar-refractivity contribution in [1.29, 1.82) is 0 Å². The van der Waals surface area contributed by atoms with Gasteiger partial charge < -0.3 is 5.73 Å². The minimum absolute atomic E-state index is 0.0469. The second kappa shape index (κ2) is 4.58. The lowest BCUT2D eigenvalue weighted by Gasteiger charge is -2.16. The zero-order chi connectivity index (χ0) is 9.84. The first-order valence-corrected chi connectivity index (χ1v) is 5.08. The van der Waals surface area contributed by atoms with Gasteiger partial charge in [-0.2, -0.15) is 0 Å². The van der Waals surface area contributed by atoms with E-state index < -0.39 is 0 Å². The lowest BCUT2D eigenvalue weighted by molar-refractivity contribution is 0.568. The van der Waals surface area contributed by atoms with Crippen LogP contribution in [-0.2, 0) is 0 Å². The van der Waals surface area contributed by atoms with Crippen LogP contribution in [-0.4, -0.2) is 0 Å². The zero-order valence-electron chi connectivity index (χ0n) is 7.70. The third-order valence-electron chi connectivity index (χ3n) is 2.19. The molecule has 2 atom stereocenters. The summed E-state index contributed by atoms with van der Waals surface area (Å²) in [6.07, 6.45) is 1.88. The molecule has 1 nitrogen and oxygen atoms in total. The molecule has 70 valence electrons. The van der Waals surface area contributed by atoms with Crippen molar-refractivity contribution in [3.05, 3.63) is 47.0 Å². The van der Waals surface area contributed by atoms with Crippen LogP contribution in [0.15, 0.2) is 41.4 Å². The van der Waals surface area contributed by atoms with E-state index in [0.29, 0.717) is 5.92 Å². The van der Waals surface area contributed by atoms with E-state index in [1.807, 2.05) is 30.3 Å². The van der Waals surface area contributed by atoms with Crippen LogP contribution >= 0.6 is 15.9 Å². The minimum Gasteiger partial charge on any atom is -0.323 e. The second-order valence-electron chi connectivity index (χ2n) is 3.17. The first-order chi connectivity index (χ1) is 6.15.